The zero-order valence-corrected chi connectivity index (χ0v) is 20.8. The molecule has 0 heterocycles. The van der Waals surface area contributed by atoms with Crippen molar-refractivity contribution in [3.05, 3.63) is 82.9 Å². The highest BCUT2D eigenvalue weighted by atomic mass is 35.5. The molecular formula is C25H27ClN2O5S. The van der Waals surface area contributed by atoms with Crippen molar-refractivity contribution in [2.24, 2.45) is 0 Å². The zero-order valence-electron chi connectivity index (χ0n) is 19.2. The van der Waals surface area contributed by atoms with Gasteiger partial charge in [-0.15, -0.1) is 0 Å². The van der Waals surface area contributed by atoms with Gasteiger partial charge >= 0.3 is 0 Å². The van der Waals surface area contributed by atoms with Crippen molar-refractivity contribution >= 4 is 33.2 Å². The van der Waals surface area contributed by atoms with Crippen LogP contribution in [0, 0.1) is 13.8 Å². The molecule has 3 aromatic carbocycles. The summed E-state index contributed by atoms with van der Waals surface area (Å²) in [6.45, 7) is 3.95. The van der Waals surface area contributed by atoms with E-state index in [1.54, 1.807) is 30.3 Å². The van der Waals surface area contributed by atoms with Crippen LogP contribution in [0.15, 0.2) is 71.6 Å². The van der Waals surface area contributed by atoms with Crippen molar-refractivity contribution in [1.29, 1.82) is 0 Å². The highest BCUT2D eigenvalue weighted by Crippen LogP contribution is 2.31. The molecule has 0 aliphatic heterocycles. The first-order valence-electron chi connectivity index (χ1n) is 10.6. The van der Waals surface area contributed by atoms with Crippen LogP contribution in [0.4, 0.5) is 5.69 Å². The third-order valence-corrected chi connectivity index (χ3v) is 7.15. The predicted octanol–water partition coefficient (Wildman–Crippen LogP) is 4.36. The zero-order chi connectivity index (χ0) is 24.7. The van der Waals surface area contributed by atoms with Crippen molar-refractivity contribution in [3.8, 4) is 11.5 Å². The van der Waals surface area contributed by atoms with Crippen LogP contribution >= 0.6 is 11.6 Å². The SMILES string of the molecule is COc1ccc(N(CC(=O)NCCOc2cc(C)ccc2C)S(=O)(=O)c2ccccc2)cc1Cl. The van der Waals surface area contributed by atoms with E-state index in [1.807, 2.05) is 32.0 Å². The Morgan fingerprint density at radius 2 is 1.74 bits per heavy atom. The van der Waals surface area contributed by atoms with Crippen LogP contribution in [-0.4, -0.2) is 41.1 Å². The van der Waals surface area contributed by atoms with Gasteiger partial charge in [0.25, 0.3) is 10.0 Å². The Labute approximate surface area is 205 Å². The second-order valence-electron chi connectivity index (χ2n) is 7.61. The molecule has 34 heavy (non-hydrogen) atoms. The first-order chi connectivity index (χ1) is 16.2. The van der Waals surface area contributed by atoms with Gasteiger partial charge in [-0.1, -0.05) is 41.9 Å². The minimum atomic E-state index is -4.03. The number of halogens is 1. The number of nitrogens with zero attached hydrogens (tertiary/aromatic N) is 1. The summed E-state index contributed by atoms with van der Waals surface area (Å²) in [5.41, 5.74) is 2.31. The van der Waals surface area contributed by atoms with Crippen LogP contribution in [0.3, 0.4) is 0 Å². The molecule has 180 valence electrons. The van der Waals surface area contributed by atoms with E-state index in [0.717, 1.165) is 21.2 Å². The Morgan fingerprint density at radius 1 is 1.00 bits per heavy atom. The quantitative estimate of drug-likeness (QED) is 0.416. The molecule has 0 unspecified atom stereocenters. The molecule has 0 bridgehead atoms. The minimum absolute atomic E-state index is 0.0630. The number of amides is 1. The van der Waals surface area contributed by atoms with Crippen LogP contribution in [-0.2, 0) is 14.8 Å². The topological polar surface area (TPSA) is 84.9 Å². The standard InChI is InChI=1S/C25H27ClN2O5S/c1-18-9-10-19(2)24(15-18)33-14-13-27-25(29)17-28(20-11-12-23(32-3)22(26)16-20)34(30,31)21-7-5-4-6-8-21/h4-12,15-16H,13-14,17H2,1-3H3,(H,27,29). The smallest absolute Gasteiger partial charge is 0.264 e. The summed E-state index contributed by atoms with van der Waals surface area (Å²) in [4.78, 5) is 12.8. The van der Waals surface area contributed by atoms with E-state index in [1.165, 1.54) is 25.3 Å². The van der Waals surface area contributed by atoms with Crippen LogP contribution in [0.25, 0.3) is 0 Å². The van der Waals surface area contributed by atoms with Crippen molar-refractivity contribution in [2.45, 2.75) is 18.7 Å². The van der Waals surface area contributed by atoms with E-state index in [-0.39, 0.29) is 28.8 Å². The Hall–Kier alpha value is -3.23. The Balaban J connectivity index is 1.74. The first kappa shape index (κ1) is 25.4. The Morgan fingerprint density at radius 3 is 2.41 bits per heavy atom. The number of sulfonamides is 1. The molecule has 0 fully saturated rings. The molecule has 0 atom stereocenters. The van der Waals surface area contributed by atoms with Crippen LogP contribution in [0.1, 0.15) is 11.1 Å². The number of anilines is 1. The second-order valence-corrected chi connectivity index (χ2v) is 9.88. The third-order valence-electron chi connectivity index (χ3n) is 5.07. The highest BCUT2D eigenvalue weighted by molar-refractivity contribution is 7.92. The molecule has 0 aliphatic carbocycles. The molecule has 0 saturated heterocycles. The maximum Gasteiger partial charge on any atom is 0.264 e. The molecule has 0 aliphatic rings. The summed E-state index contributed by atoms with van der Waals surface area (Å²) in [6, 6.07) is 18.4. The number of ether oxygens (including phenoxy) is 2. The fourth-order valence-corrected chi connectivity index (χ4v) is 4.93. The van der Waals surface area contributed by atoms with E-state index >= 15 is 0 Å². The highest BCUT2D eigenvalue weighted by Gasteiger charge is 2.27. The van der Waals surface area contributed by atoms with Crippen LogP contribution in [0.5, 0.6) is 11.5 Å². The van der Waals surface area contributed by atoms with E-state index in [9.17, 15) is 13.2 Å². The molecule has 1 N–H and O–H groups in total. The lowest BCUT2D eigenvalue weighted by Gasteiger charge is -2.24. The van der Waals surface area contributed by atoms with E-state index in [0.29, 0.717) is 5.75 Å². The molecule has 0 radical (unpaired) electrons. The summed E-state index contributed by atoms with van der Waals surface area (Å²) in [7, 11) is -2.56. The second kappa shape index (κ2) is 11.3. The lowest BCUT2D eigenvalue weighted by atomic mass is 10.1. The molecule has 3 aromatic rings. The summed E-state index contributed by atoms with van der Waals surface area (Å²) in [5, 5.41) is 2.95. The monoisotopic (exact) mass is 502 g/mol. The molecular weight excluding hydrogens is 476 g/mol. The Bertz CT molecular complexity index is 1250. The number of hydrogen-bond donors (Lipinski definition) is 1. The molecule has 9 heteroatoms. The summed E-state index contributed by atoms with van der Waals surface area (Å²) < 4.78 is 38.7. The van der Waals surface area contributed by atoms with Gasteiger partial charge in [0, 0.05) is 0 Å². The molecule has 0 aromatic heterocycles. The number of aryl methyl sites for hydroxylation is 2. The lowest BCUT2D eigenvalue weighted by Crippen LogP contribution is -2.42. The molecule has 0 saturated carbocycles. The van der Waals surface area contributed by atoms with Gasteiger partial charge in [-0.25, -0.2) is 8.42 Å². The fraction of sp³-hybridized carbons (Fsp3) is 0.240. The lowest BCUT2D eigenvalue weighted by molar-refractivity contribution is -0.119. The van der Waals surface area contributed by atoms with Crippen LogP contribution in [0.2, 0.25) is 5.02 Å². The molecule has 1 amide bonds. The minimum Gasteiger partial charge on any atom is -0.495 e. The van der Waals surface area contributed by atoms with Gasteiger partial charge in [0.05, 0.1) is 29.3 Å². The van der Waals surface area contributed by atoms with Gasteiger partial charge in [-0.3, -0.25) is 9.10 Å². The number of benzene rings is 3. The van der Waals surface area contributed by atoms with Crippen molar-refractivity contribution in [2.75, 3.05) is 31.1 Å². The van der Waals surface area contributed by atoms with E-state index in [2.05, 4.69) is 5.32 Å². The average Bonchev–Trinajstić information content (AvgIpc) is 2.82. The number of hydrogen-bond acceptors (Lipinski definition) is 5. The number of rotatable bonds is 10. The maximum absolute atomic E-state index is 13.4. The summed E-state index contributed by atoms with van der Waals surface area (Å²) in [6.07, 6.45) is 0. The van der Waals surface area contributed by atoms with Crippen molar-refractivity contribution in [1.82, 2.24) is 5.32 Å². The number of carbonyl (C=O) groups is 1. The number of carbonyl (C=O) groups excluding carboxylic acids is 1. The van der Waals surface area contributed by atoms with Crippen LogP contribution < -0.4 is 19.1 Å². The first-order valence-corrected chi connectivity index (χ1v) is 12.4. The van der Waals surface area contributed by atoms with Gasteiger partial charge in [0.2, 0.25) is 5.91 Å². The van der Waals surface area contributed by atoms with Crippen molar-refractivity contribution in [3.63, 3.8) is 0 Å². The van der Waals surface area contributed by atoms with E-state index < -0.39 is 22.5 Å². The van der Waals surface area contributed by atoms with Gasteiger partial charge in [0.1, 0.15) is 24.7 Å². The molecule has 7 nitrogen and oxygen atoms in total. The fourth-order valence-electron chi connectivity index (χ4n) is 3.25. The largest absolute Gasteiger partial charge is 0.495 e. The number of nitrogens with one attached hydrogen (secondary N) is 1. The summed E-state index contributed by atoms with van der Waals surface area (Å²) >= 11 is 6.23. The van der Waals surface area contributed by atoms with Gasteiger partial charge < -0.3 is 14.8 Å². The number of methoxy groups -OCH3 is 1. The third kappa shape index (κ3) is 6.21. The maximum atomic E-state index is 13.4. The predicted molar refractivity (Wildman–Crippen MR) is 133 cm³/mol. The van der Waals surface area contributed by atoms with Gasteiger partial charge in [-0.2, -0.15) is 0 Å². The summed E-state index contributed by atoms with van der Waals surface area (Å²) in [5.74, 6) is 0.668. The normalized spacial score (nSPS) is 11.1. The molecule has 3 rings (SSSR count). The Kier molecular flexibility index (Phi) is 8.41. The average molecular weight is 503 g/mol. The van der Waals surface area contributed by atoms with Gasteiger partial charge in [-0.05, 0) is 61.4 Å². The van der Waals surface area contributed by atoms with Crippen molar-refractivity contribution < 1.29 is 22.7 Å². The van der Waals surface area contributed by atoms with E-state index in [4.69, 9.17) is 21.1 Å². The molecule has 0 spiro atoms. The van der Waals surface area contributed by atoms with Gasteiger partial charge in [0.15, 0.2) is 0 Å².